The Morgan fingerprint density at radius 2 is 1.69 bits per heavy atom. The van der Waals surface area contributed by atoms with E-state index in [1.54, 1.807) is 14.1 Å². The number of nitrogens with zero attached hydrogens (tertiary/aromatic N) is 5. The van der Waals surface area contributed by atoms with E-state index in [9.17, 15) is 40.3 Å². The highest BCUT2D eigenvalue weighted by atomic mass is 19.3. The van der Waals surface area contributed by atoms with Gasteiger partial charge in [-0.1, -0.05) is 10.8 Å². The molecule has 19 heteroatoms. The molecule has 2 heterocycles. The maximum absolute atomic E-state index is 15.1. The van der Waals surface area contributed by atoms with Gasteiger partial charge in [0.15, 0.2) is 0 Å². The molecule has 2 aliphatic rings. The van der Waals surface area contributed by atoms with Crippen molar-refractivity contribution in [2.45, 2.75) is 49.6 Å². The number of aromatic nitrogens is 2. The molecule has 2 atom stereocenters. The Morgan fingerprint density at radius 3 is 2.33 bits per heavy atom. The largest absolute Gasteiger partial charge is 0.366 e. The molecule has 0 saturated heterocycles. The third-order valence-corrected chi connectivity index (χ3v) is 8.33. The van der Waals surface area contributed by atoms with Crippen LogP contribution >= 0.6 is 0 Å². The Morgan fingerprint density at radius 1 is 1.02 bits per heavy atom. The van der Waals surface area contributed by atoms with E-state index in [1.165, 1.54) is 12.3 Å². The second-order valence-electron chi connectivity index (χ2n) is 12.5. The summed E-state index contributed by atoms with van der Waals surface area (Å²) in [6, 6.07) is 1.63. The highest BCUT2D eigenvalue weighted by molar-refractivity contribution is 5.94. The van der Waals surface area contributed by atoms with Gasteiger partial charge in [0.1, 0.15) is 23.0 Å². The summed E-state index contributed by atoms with van der Waals surface area (Å²) >= 11 is 0. The van der Waals surface area contributed by atoms with E-state index in [2.05, 4.69) is 25.7 Å². The number of anilines is 1. The molecule has 0 bridgehead atoms. The van der Waals surface area contributed by atoms with Crippen LogP contribution in [0, 0.1) is 17.5 Å². The van der Waals surface area contributed by atoms with E-state index in [1.807, 2.05) is 4.90 Å². The van der Waals surface area contributed by atoms with Crippen LogP contribution in [0.1, 0.15) is 40.5 Å². The summed E-state index contributed by atoms with van der Waals surface area (Å²) in [6.07, 6.45) is -5.60. The van der Waals surface area contributed by atoms with E-state index in [0.29, 0.717) is 19.2 Å². The van der Waals surface area contributed by atoms with E-state index < -0.39 is 102 Å². The highest BCUT2D eigenvalue weighted by Gasteiger charge is 2.64. The molecule has 1 aliphatic heterocycles. The van der Waals surface area contributed by atoms with Gasteiger partial charge >= 0.3 is 5.92 Å². The number of nitrogens with two attached hydrogens (primary N) is 1. The van der Waals surface area contributed by atoms with Gasteiger partial charge in [-0.2, -0.15) is 8.78 Å². The maximum atomic E-state index is 15.1. The number of carbonyl (C=O) groups excluding carboxylic acids is 2. The molecule has 1 aromatic heterocycles. The molecule has 1 aliphatic carbocycles. The molecule has 1 unspecified atom stereocenters. The SMILES string of the molecule is CN(C)CCNc1ncc(-c2ccc(F)c(C(N)=O)c2)c([C@H](Cc2cc(F)cc(F)c2)NC(=O)C[N+]2=NC(C(F)F)C3=C2C(F)(F)CCC3(F)F)n1. The van der Waals surface area contributed by atoms with E-state index >= 15 is 8.78 Å². The number of alkyl halides is 6. The molecular weight excluding hydrogens is 711 g/mol. The second kappa shape index (κ2) is 14.9. The van der Waals surface area contributed by atoms with Crippen LogP contribution in [0.2, 0.25) is 0 Å². The van der Waals surface area contributed by atoms with Gasteiger partial charge in [-0.15, -0.1) is 0 Å². The van der Waals surface area contributed by atoms with Crippen molar-refractivity contribution in [2.75, 3.05) is 39.0 Å². The summed E-state index contributed by atoms with van der Waals surface area (Å²) in [6.45, 7) is -0.430. The van der Waals surface area contributed by atoms with E-state index in [4.69, 9.17) is 5.73 Å². The summed E-state index contributed by atoms with van der Waals surface area (Å²) in [5, 5.41) is 8.82. The Labute approximate surface area is 290 Å². The van der Waals surface area contributed by atoms with Crippen LogP contribution in [-0.4, -0.2) is 89.4 Å². The molecule has 278 valence electrons. The minimum absolute atomic E-state index is 0.0179. The van der Waals surface area contributed by atoms with Gasteiger partial charge in [0.2, 0.25) is 12.0 Å². The Hall–Kier alpha value is -5.07. The number of halogens is 9. The van der Waals surface area contributed by atoms with Crippen molar-refractivity contribution >= 4 is 17.8 Å². The first-order chi connectivity index (χ1) is 24.4. The lowest BCUT2D eigenvalue weighted by Gasteiger charge is -2.27. The number of likely N-dealkylation sites (N-methyl/N-ethyl adjacent to an activating group) is 1. The molecule has 0 saturated carbocycles. The van der Waals surface area contributed by atoms with Crippen LogP contribution in [-0.2, 0) is 11.2 Å². The minimum Gasteiger partial charge on any atom is -0.366 e. The molecule has 0 spiro atoms. The van der Waals surface area contributed by atoms with Crippen LogP contribution < -0.4 is 16.4 Å². The number of carbonyl (C=O) groups is 2. The fourth-order valence-electron chi connectivity index (χ4n) is 5.98. The van der Waals surface area contributed by atoms with Crippen LogP contribution in [0.3, 0.4) is 0 Å². The average Bonchev–Trinajstić information content (AvgIpc) is 3.44. The summed E-state index contributed by atoms with van der Waals surface area (Å²) < 4.78 is 131. The third kappa shape index (κ3) is 8.35. The predicted octanol–water partition coefficient (Wildman–Crippen LogP) is 5.46. The summed E-state index contributed by atoms with van der Waals surface area (Å²) in [4.78, 5) is 36.2. The quantitative estimate of drug-likeness (QED) is 0.158. The van der Waals surface area contributed by atoms with Crippen LogP contribution in [0.25, 0.3) is 11.1 Å². The lowest BCUT2D eigenvalue weighted by Crippen LogP contribution is -2.42. The number of amides is 2. The normalized spacial score (nSPS) is 18.3. The predicted molar refractivity (Wildman–Crippen MR) is 167 cm³/mol. The Balaban J connectivity index is 1.60. The molecule has 0 radical (unpaired) electrons. The lowest BCUT2D eigenvalue weighted by atomic mass is 9.86. The molecule has 2 amide bonds. The van der Waals surface area contributed by atoms with E-state index in [-0.39, 0.29) is 33.0 Å². The smallest absolute Gasteiger partial charge is 0.332 e. The number of hydrogen-bond acceptors (Lipinski definition) is 7. The number of azo groups is 2. The highest BCUT2D eigenvalue weighted by Crippen LogP contribution is 2.51. The standard InChI is InChI=1S/C33H31F9N8O2/c1-49(2)8-7-44-31-45-14-21(17-3-4-22(36)20(12-17)30(43)52)26(47-31)23(11-16-9-18(34)13-19(35)10-16)46-24(51)15-50-28-25(27(48-50)29(37)38)32(39,40)5-6-33(28,41)42/h3-4,9-10,12-14,23,27,29H,5-8,11,15H2,1-2H3,(H3-,43,44,45,46,47,51,52)/p+1/t23-,27?/m0/s1. The first-order valence-corrected chi connectivity index (χ1v) is 15.7. The Kier molecular flexibility index (Phi) is 10.9. The number of nitrogens with one attached hydrogen (secondary N) is 2. The topological polar surface area (TPSA) is 129 Å². The molecule has 5 rings (SSSR count). The minimum atomic E-state index is -4.05. The van der Waals surface area contributed by atoms with Crippen molar-refractivity contribution in [3.63, 3.8) is 0 Å². The first kappa shape index (κ1) is 38.2. The van der Waals surface area contributed by atoms with Gasteiger partial charge < -0.3 is 21.3 Å². The van der Waals surface area contributed by atoms with Gasteiger partial charge in [-0.25, -0.2) is 40.7 Å². The number of rotatable bonds is 13. The van der Waals surface area contributed by atoms with Crippen LogP contribution in [0.15, 0.2) is 59.0 Å². The fraction of sp³-hybridized carbons (Fsp3) is 0.394. The van der Waals surface area contributed by atoms with E-state index in [0.717, 1.165) is 24.3 Å². The zero-order valence-corrected chi connectivity index (χ0v) is 27.5. The van der Waals surface area contributed by atoms with Gasteiger partial charge in [0.05, 0.1) is 17.3 Å². The van der Waals surface area contributed by atoms with Crippen molar-refractivity contribution in [1.29, 1.82) is 0 Å². The molecule has 3 aromatic rings. The Bertz CT molecular complexity index is 1920. The van der Waals surface area contributed by atoms with Gasteiger partial charge in [-0.05, 0) is 61.0 Å². The second-order valence-corrected chi connectivity index (χ2v) is 12.5. The molecule has 0 fully saturated rings. The van der Waals surface area contributed by atoms with Crippen molar-refractivity contribution in [2.24, 2.45) is 10.8 Å². The number of allylic oxidation sites excluding steroid dienone is 1. The lowest BCUT2D eigenvalue weighted by molar-refractivity contribution is -0.549. The zero-order valence-electron chi connectivity index (χ0n) is 27.5. The summed E-state index contributed by atoms with van der Waals surface area (Å²) in [7, 11) is 3.59. The monoisotopic (exact) mass is 743 g/mol. The fourth-order valence-corrected chi connectivity index (χ4v) is 5.98. The third-order valence-electron chi connectivity index (χ3n) is 8.33. The number of primary amides is 1. The van der Waals surface area contributed by atoms with Gasteiger partial charge in [0.25, 0.3) is 36.4 Å². The van der Waals surface area contributed by atoms with Crippen molar-refractivity contribution < 1.29 is 53.8 Å². The van der Waals surface area contributed by atoms with Crippen LogP contribution in [0.4, 0.5) is 45.5 Å². The average molecular weight is 744 g/mol. The summed E-state index contributed by atoms with van der Waals surface area (Å²) in [5.74, 6) is -13.4. The van der Waals surface area contributed by atoms with Crippen molar-refractivity contribution in [3.8, 4) is 11.1 Å². The zero-order chi connectivity index (χ0) is 38.1. The van der Waals surface area contributed by atoms with Gasteiger partial charge in [0, 0.05) is 43.8 Å². The first-order valence-electron chi connectivity index (χ1n) is 15.7. The number of hydrogen-bond donors (Lipinski definition) is 3. The van der Waals surface area contributed by atoms with Crippen molar-refractivity contribution in [1.82, 2.24) is 20.2 Å². The summed E-state index contributed by atoms with van der Waals surface area (Å²) in [5.41, 5.74) is 1.73. The number of benzene rings is 2. The molecule has 52 heavy (non-hydrogen) atoms. The molecule has 10 nitrogen and oxygen atoms in total. The maximum Gasteiger partial charge on any atom is 0.332 e. The molecular formula is C33H32F9N8O2+. The molecule has 2 aromatic carbocycles. The van der Waals surface area contributed by atoms with Crippen LogP contribution in [0.5, 0.6) is 0 Å². The van der Waals surface area contributed by atoms with Crippen molar-refractivity contribution in [3.05, 3.63) is 88.1 Å². The molecule has 4 N–H and O–H groups in total. The van der Waals surface area contributed by atoms with Gasteiger partial charge in [-0.3, -0.25) is 9.59 Å².